The molecule has 176 valence electrons. The fourth-order valence-corrected chi connectivity index (χ4v) is 4.19. The van der Waals surface area contributed by atoms with Gasteiger partial charge in [0.2, 0.25) is 5.28 Å². The van der Waals surface area contributed by atoms with Crippen LogP contribution in [0, 0.1) is 0 Å². The number of aromatic nitrogens is 4. The van der Waals surface area contributed by atoms with Crippen LogP contribution in [0.1, 0.15) is 32.4 Å². The van der Waals surface area contributed by atoms with Gasteiger partial charge in [0, 0.05) is 12.5 Å². The average Bonchev–Trinajstić information content (AvgIpc) is 3.29. The van der Waals surface area contributed by atoms with Crippen molar-refractivity contribution in [2.24, 2.45) is 0 Å². The summed E-state index contributed by atoms with van der Waals surface area (Å²) in [4.78, 5) is 43.3. The van der Waals surface area contributed by atoms with Gasteiger partial charge in [-0.05, 0) is 31.4 Å². The topological polar surface area (TPSA) is 178 Å². The van der Waals surface area contributed by atoms with Gasteiger partial charge in [-0.25, -0.2) is 9.78 Å². The Hall–Kier alpha value is -1.86. The summed E-state index contributed by atoms with van der Waals surface area (Å²) in [6, 6.07) is 0.311. The SMILES string of the molecule is CCOC(=O)C(OC[C@@H]1C[C@@H](O)[C@H](n2cnc3c(NC4CC4)nc(Cl)nc32)O1)P(=O)(O)O. The number of anilines is 1. The maximum Gasteiger partial charge on any atom is 0.365 e. The number of rotatable bonds is 9. The fourth-order valence-electron chi connectivity index (χ4n) is 3.40. The molecule has 0 aromatic carbocycles. The number of imidazole rings is 1. The van der Waals surface area contributed by atoms with Crippen LogP contribution < -0.4 is 5.32 Å². The first-order valence-corrected chi connectivity index (χ1v) is 12.1. The smallest absolute Gasteiger partial charge is 0.365 e. The summed E-state index contributed by atoms with van der Waals surface area (Å²) in [5.41, 5.74) is 0.832. The van der Waals surface area contributed by atoms with E-state index in [4.69, 9.17) is 21.1 Å². The predicted molar refractivity (Wildman–Crippen MR) is 110 cm³/mol. The van der Waals surface area contributed by atoms with E-state index in [0.717, 1.165) is 12.8 Å². The number of carbonyl (C=O) groups is 1. The minimum absolute atomic E-state index is 0.00805. The van der Waals surface area contributed by atoms with Crippen molar-refractivity contribution in [3.63, 3.8) is 0 Å². The van der Waals surface area contributed by atoms with Crippen LogP contribution >= 0.6 is 19.2 Å². The lowest BCUT2D eigenvalue weighted by Crippen LogP contribution is -2.30. The molecule has 2 fully saturated rings. The summed E-state index contributed by atoms with van der Waals surface area (Å²) in [6.07, 6.45) is 0.941. The minimum Gasteiger partial charge on any atom is -0.464 e. The molecule has 2 aliphatic rings. The Morgan fingerprint density at radius 3 is 2.84 bits per heavy atom. The normalized spacial score (nSPS) is 24.6. The number of ether oxygens (including phenoxy) is 3. The van der Waals surface area contributed by atoms with Crippen molar-refractivity contribution in [3.8, 4) is 0 Å². The van der Waals surface area contributed by atoms with Crippen LogP contribution in [0.3, 0.4) is 0 Å². The highest BCUT2D eigenvalue weighted by Gasteiger charge is 2.42. The molecule has 0 bridgehead atoms. The van der Waals surface area contributed by atoms with Crippen molar-refractivity contribution in [3.05, 3.63) is 11.6 Å². The first kappa shape index (κ1) is 23.3. The number of hydrogen-bond donors (Lipinski definition) is 4. The van der Waals surface area contributed by atoms with Crippen molar-refractivity contribution >= 4 is 42.1 Å². The number of aliphatic hydroxyl groups is 1. The molecule has 0 spiro atoms. The molecule has 1 aliphatic carbocycles. The van der Waals surface area contributed by atoms with Crippen LogP contribution in [0.2, 0.25) is 5.28 Å². The van der Waals surface area contributed by atoms with Gasteiger partial charge in [-0.2, -0.15) is 9.97 Å². The predicted octanol–water partition coefficient (Wildman–Crippen LogP) is 0.786. The molecule has 1 unspecified atom stereocenters. The monoisotopic (exact) mass is 491 g/mol. The Kier molecular flexibility index (Phi) is 6.68. The molecule has 4 N–H and O–H groups in total. The van der Waals surface area contributed by atoms with Crippen molar-refractivity contribution in [1.82, 2.24) is 19.5 Å². The van der Waals surface area contributed by atoms with Gasteiger partial charge in [-0.3, -0.25) is 9.13 Å². The van der Waals surface area contributed by atoms with E-state index in [-0.39, 0.29) is 24.9 Å². The van der Waals surface area contributed by atoms with Crippen LogP contribution in [0.15, 0.2) is 6.33 Å². The number of carbonyl (C=O) groups excluding carboxylic acids is 1. The number of fused-ring (bicyclic) bond motifs is 1. The van der Waals surface area contributed by atoms with Crippen molar-refractivity contribution in [2.75, 3.05) is 18.5 Å². The lowest BCUT2D eigenvalue weighted by atomic mass is 10.2. The number of hydrogen-bond acceptors (Lipinski definition) is 10. The van der Waals surface area contributed by atoms with Crippen molar-refractivity contribution in [1.29, 1.82) is 0 Å². The summed E-state index contributed by atoms with van der Waals surface area (Å²) < 4.78 is 28.7. The van der Waals surface area contributed by atoms with Gasteiger partial charge < -0.3 is 34.4 Å². The second-order valence-corrected chi connectivity index (χ2v) is 9.55. The number of aliphatic hydroxyl groups excluding tert-OH is 1. The molecule has 2 aromatic heterocycles. The van der Waals surface area contributed by atoms with E-state index in [1.807, 2.05) is 0 Å². The highest BCUT2D eigenvalue weighted by atomic mass is 35.5. The third kappa shape index (κ3) is 5.04. The quantitative estimate of drug-likeness (QED) is 0.220. The average molecular weight is 492 g/mol. The fraction of sp³-hybridized carbons (Fsp3) is 0.647. The molecule has 0 radical (unpaired) electrons. The molecule has 1 aliphatic heterocycles. The van der Waals surface area contributed by atoms with Crippen molar-refractivity contribution in [2.45, 2.75) is 56.5 Å². The lowest BCUT2D eigenvalue weighted by Gasteiger charge is -2.20. The van der Waals surface area contributed by atoms with Crippen molar-refractivity contribution < 1.29 is 38.5 Å². The first-order valence-electron chi connectivity index (χ1n) is 10.0. The Morgan fingerprint density at radius 1 is 1.44 bits per heavy atom. The Bertz CT molecular complexity index is 1040. The number of halogens is 1. The van der Waals surface area contributed by atoms with Gasteiger partial charge in [0.05, 0.1) is 25.6 Å². The zero-order valence-electron chi connectivity index (χ0n) is 17.0. The Labute approximate surface area is 187 Å². The lowest BCUT2D eigenvalue weighted by molar-refractivity contribution is -0.154. The van der Waals surface area contributed by atoms with Gasteiger partial charge in [0.15, 0.2) is 23.2 Å². The van der Waals surface area contributed by atoms with Gasteiger partial charge in [0.25, 0.3) is 5.85 Å². The van der Waals surface area contributed by atoms with E-state index in [0.29, 0.717) is 23.0 Å². The van der Waals surface area contributed by atoms with Crippen LogP contribution in [0.5, 0.6) is 0 Å². The van der Waals surface area contributed by atoms with Crippen LogP contribution in [-0.4, -0.2) is 77.7 Å². The summed E-state index contributed by atoms with van der Waals surface area (Å²) in [5.74, 6) is -2.75. The summed E-state index contributed by atoms with van der Waals surface area (Å²) in [6.45, 7) is 1.10. The van der Waals surface area contributed by atoms with Crippen LogP contribution in [0.25, 0.3) is 11.2 Å². The second-order valence-electron chi connectivity index (χ2n) is 7.56. The molecule has 4 atom stereocenters. The largest absolute Gasteiger partial charge is 0.464 e. The minimum atomic E-state index is -4.92. The molecule has 32 heavy (non-hydrogen) atoms. The molecule has 2 aromatic rings. The van der Waals surface area contributed by atoms with E-state index in [2.05, 4.69) is 25.0 Å². The number of nitrogens with one attached hydrogen (secondary N) is 1. The van der Waals surface area contributed by atoms with E-state index in [1.165, 1.54) is 17.8 Å². The third-order valence-corrected chi connectivity index (χ3v) is 6.13. The molecule has 3 heterocycles. The standard InChI is InChI=1S/C17H23ClN5O8P/c1-2-29-15(25)16(32(26,27)28)30-6-9-5-10(24)14(31-9)23-7-19-11-12(20-8-3-4-8)21-17(18)22-13(11)23/h7-10,14,16,24H,2-6H2,1H3,(H,20,21,22)(H2,26,27,28)/t9-,10+,14+,16?/m0/s1. The van der Waals surface area contributed by atoms with Gasteiger partial charge in [0.1, 0.15) is 6.10 Å². The molecule has 1 saturated heterocycles. The molecule has 4 rings (SSSR count). The molecule has 1 saturated carbocycles. The summed E-state index contributed by atoms with van der Waals surface area (Å²) in [5, 5.41) is 13.8. The molecule has 0 amide bonds. The zero-order valence-corrected chi connectivity index (χ0v) is 18.6. The van der Waals surface area contributed by atoms with E-state index < -0.39 is 37.8 Å². The molecular formula is C17H23ClN5O8P. The number of nitrogens with zero attached hydrogens (tertiary/aromatic N) is 4. The third-order valence-electron chi connectivity index (χ3n) is 4.99. The van der Waals surface area contributed by atoms with E-state index in [9.17, 15) is 24.3 Å². The maximum absolute atomic E-state index is 11.8. The zero-order chi connectivity index (χ0) is 23.0. The highest BCUT2D eigenvalue weighted by Crippen LogP contribution is 2.43. The van der Waals surface area contributed by atoms with Gasteiger partial charge in [-0.1, -0.05) is 0 Å². The second kappa shape index (κ2) is 9.18. The van der Waals surface area contributed by atoms with Crippen LogP contribution in [-0.2, 0) is 23.6 Å². The highest BCUT2D eigenvalue weighted by molar-refractivity contribution is 7.53. The van der Waals surface area contributed by atoms with E-state index >= 15 is 0 Å². The Balaban J connectivity index is 1.48. The molecular weight excluding hydrogens is 469 g/mol. The van der Waals surface area contributed by atoms with E-state index in [1.54, 1.807) is 0 Å². The molecule has 15 heteroatoms. The molecule has 13 nitrogen and oxygen atoms in total. The van der Waals surface area contributed by atoms with Crippen LogP contribution in [0.4, 0.5) is 5.82 Å². The summed E-state index contributed by atoms with van der Waals surface area (Å²) in [7, 11) is -4.92. The van der Waals surface area contributed by atoms with Gasteiger partial charge in [-0.15, -0.1) is 0 Å². The Morgan fingerprint density at radius 2 is 2.19 bits per heavy atom. The maximum atomic E-state index is 11.8. The number of esters is 1. The summed E-state index contributed by atoms with van der Waals surface area (Å²) >= 11 is 6.07. The van der Waals surface area contributed by atoms with Gasteiger partial charge >= 0.3 is 13.6 Å². The first-order chi connectivity index (χ1) is 15.2.